The number of nitrogens with one attached hydrogen (secondary N) is 1. The predicted octanol–water partition coefficient (Wildman–Crippen LogP) is 4.80. The second-order valence-corrected chi connectivity index (χ2v) is 5.85. The SMILES string of the molecule is C[C@@H](N[C@H](C)c1ccccc1Cl)c1nnc(-c2ccccc2)o1. The highest BCUT2D eigenvalue weighted by Gasteiger charge is 2.18. The molecule has 1 aromatic heterocycles. The van der Waals surface area contributed by atoms with E-state index in [0.29, 0.717) is 11.8 Å². The van der Waals surface area contributed by atoms with E-state index in [1.807, 2.05) is 61.5 Å². The maximum atomic E-state index is 6.24. The number of benzene rings is 2. The highest BCUT2D eigenvalue weighted by Crippen LogP contribution is 2.26. The van der Waals surface area contributed by atoms with Crippen LogP contribution >= 0.6 is 11.6 Å². The molecule has 0 unspecified atom stereocenters. The van der Waals surface area contributed by atoms with E-state index in [2.05, 4.69) is 22.4 Å². The Hall–Kier alpha value is -2.17. The fourth-order valence-corrected chi connectivity index (χ4v) is 2.77. The normalized spacial score (nSPS) is 13.7. The molecule has 118 valence electrons. The first-order chi connectivity index (χ1) is 11.1. The first-order valence-corrected chi connectivity index (χ1v) is 7.92. The third-order valence-corrected chi connectivity index (χ3v) is 4.05. The highest BCUT2D eigenvalue weighted by atomic mass is 35.5. The summed E-state index contributed by atoms with van der Waals surface area (Å²) in [6.45, 7) is 4.06. The van der Waals surface area contributed by atoms with E-state index < -0.39 is 0 Å². The Morgan fingerprint density at radius 3 is 2.35 bits per heavy atom. The Balaban J connectivity index is 1.73. The molecule has 2 aromatic carbocycles. The van der Waals surface area contributed by atoms with Crippen LogP contribution in [-0.2, 0) is 0 Å². The van der Waals surface area contributed by atoms with E-state index >= 15 is 0 Å². The summed E-state index contributed by atoms with van der Waals surface area (Å²) in [6.07, 6.45) is 0. The van der Waals surface area contributed by atoms with Gasteiger partial charge in [0, 0.05) is 16.6 Å². The van der Waals surface area contributed by atoms with Crippen LogP contribution in [0.15, 0.2) is 59.0 Å². The van der Waals surface area contributed by atoms with Crippen LogP contribution in [0.5, 0.6) is 0 Å². The fraction of sp³-hybridized carbons (Fsp3) is 0.222. The molecule has 0 amide bonds. The van der Waals surface area contributed by atoms with E-state index in [4.69, 9.17) is 16.0 Å². The molecular weight excluding hydrogens is 310 g/mol. The van der Waals surface area contributed by atoms with Crippen molar-refractivity contribution in [3.05, 3.63) is 71.1 Å². The van der Waals surface area contributed by atoms with Gasteiger partial charge in [-0.25, -0.2) is 0 Å². The molecule has 3 aromatic rings. The van der Waals surface area contributed by atoms with Gasteiger partial charge in [-0.05, 0) is 37.6 Å². The van der Waals surface area contributed by atoms with Crippen molar-refractivity contribution in [1.29, 1.82) is 0 Å². The second kappa shape index (κ2) is 6.94. The van der Waals surface area contributed by atoms with E-state index in [1.54, 1.807) is 0 Å². The fourth-order valence-electron chi connectivity index (χ4n) is 2.47. The Morgan fingerprint density at radius 2 is 1.61 bits per heavy atom. The minimum absolute atomic E-state index is 0.0748. The predicted molar refractivity (Wildman–Crippen MR) is 91.2 cm³/mol. The highest BCUT2D eigenvalue weighted by molar-refractivity contribution is 6.31. The molecule has 0 radical (unpaired) electrons. The summed E-state index contributed by atoms with van der Waals surface area (Å²) in [5, 5.41) is 12.5. The van der Waals surface area contributed by atoms with Crippen molar-refractivity contribution in [2.24, 2.45) is 0 Å². The molecule has 0 bridgehead atoms. The maximum Gasteiger partial charge on any atom is 0.247 e. The summed E-state index contributed by atoms with van der Waals surface area (Å²) in [5.41, 5.74) is 1.96. The first kappa shape index (κ1) is 15.7. The zero-order valence-electron chi connectivity index (χ0n) is 13.0. The molecule has 0 aliphatic carbocycles. The third-order valence-electron chi connectivity index (χ3n) is 3.70. The Kier molecular flexibility index (Phi) is 4.74. The minimum Gasteiger partial charge on any atom is -0.419 e. The van der Waals surface area contributed by atoms with Crippen LogP contribution in [0.4, 0.5) is 0 Å². The average Bonchev–Trinajstić information content (AvgIpc) is 3.06. The maximum absolute atomic E-state index is 6.24. The summed E-state index contributed by atoms with van der Waals surface area (Å²) in [4.78, 5) is 0. The molecule has 0 saturated carbocycles. The molecule has 0 spiro atoms. The monoisotopic (exact) mass is 327 g/mol. The molecule has 0 aliphatic rings. The van der Waals surface area contributed by atoms with Gasteiger partial charge in [-0.15, -0.1) is 10.2 Å². The van der Waals surface area contributed by atoms with Crippen molar-refractivity contribution < 1.29 is 4.42 Å². The summed E-state index contributed by atoms with van der Waals surface area (Å²) in [5.74, 6) is 1.09. The van der Waals surface area contributed by atoms with Gasteiger partial charge in [-0.3, -0.25) is 5.32 Å². The molecule has 0 saturated heterocycles. The van der Waals surface area contributed by atoms with Crippen LogP contribution in [0.3, 0.4) is 0 Å². The van der Waals surface area contributed by atoms with E-state index in [9.17, 15) is 0 Å². The largest absolute Gasteiger partial charge is 0.419 e. The van der Waals surface area contributed by atoms with Gasteiger partial charge < -0.3 is 4.42 Å². The quantitative estimate of drug-likeness (QED) is 0.731. The Bertz CT molecular complexity index is 773. The first-order valence-electron chi connectivity index (χ1n) is 7.54. The molecule has 0 aliphatic heterocycles. The van der Waals surface area contributed by atoms with Gasteiger partial charge in [0.05, 0.1) is 6.04 Å². The number of nitrogens with zero attached hydrogens (tertiary/aromatic N) is 2. The van der Waals surface area contributed by atoms with Gasteiger partial charge in [0.1, 0.15) is 0 Å². The Labute approximate surface area is 140 Å². The van der Waals surface area contributed by atoms with Crippen LogP contribution < -0.4 is 5.32 Å². The molecular formula is C18H18ClN3O. The van der Waals surface area contributed by atoms with Gasteiger partial charge in [0.15, 0.2) is 0 Å². The van der Waals surface area contributed by atoms with Crippen molar-refractivity contribution in [3.8, 4) is 11.5 Å². The van der Waals surface area contributed by atoms with E-state index in [1.165, 1.54) is 0 Å². The number of hydrogen-bond donors (Lipinski definition) is 1. The van der Waals surface area contributed by atoms with E-state index in [-0.39, 0.29) is 12.1 Å². The van der Waals surface area contributed by atoms with Gasteiger partial charge >= 0.3 is 0 Å². The van der Waals surface area contributed by atoms with Gasteiger partial charge in [-0.2, -0.15) is 0 Å². The van der Waals surface area contributed by atoms with Crippen LogP contribution in [0.2, 0.25) is 5.02 Å². The van der Waals surface area contributed by atoms with Crippen LogP contribution in [-0.4, -0.2) is 10.2 Å². The van der Waals surface area contributed by atoms with Crippen molar-refractivity contribution in [3.63, 3.8) is 0 Å². The smallest absolute Gasteiger partial charge is 0.247 e. The van der Waals surface area contributed by atoms with Crippen molar-refractivity contribution in [2.45, 2.75) is 25.9 Å². The average molecular weight is 328 g/mol. The lowest BCUT2D eigenvalue weighted by atomic mass is 10.1. The van der Waals surface area contributed by atoms with Crippen LogP contribution in [0, 0.1) is 0 Å². The molecule has 2 atom stereocenters. The number of halogens is 1. The standard InChI is InChI=1S/C18H18ClN3O/c1-12(15-10-6-7-11-16(15)19)20-13(2)17-21-22-18(23-17)14-8-4-3-5-9-14/h3-13,20H,1-2H3/t12-,13-/m1/s1. The van der Waals surface area contributed by atoms with Gasteiger partial charge in [0.25, 0.3) is 0 Å². The molecule has 0 fully saturated rings. The number of rotatable bonds is 5. The van der Waals surface area contributed by atoms with Crippen molar-refractivity contribution >= 4 is 11.6 Å². The van der Waals surface area contributed by atoms with Crippen LogP contribution in [0.1, 0.15) is 37.4 Å². The molecule has 5 heteroatoms. The number of aromatic nitrogens is 2. The van der Waals surface area contributed by atoms with Gasteiger partial charge in [-0.1, -0.05) is 48.0 Å². The van der Waals surface area contributed by atoms with E-state index in [0.717, 1.165) is 16.1 Å². The topological polar surface area (TPSA) is 51.0 Å². The molecule has 3 rings (SSSR count). The minimum atomic E-state index is -0.0776. The summed E-state index contributed by atoms with van der Waals surface area (Å²) < 4.78 is 5.78. The molecule has 1 N–H and O–H groups in total. The Morgan fingerprint density at radius 1 is 0.913 bits per heavy atom. The van der Waals surface area contributed by atoms with Gasteiger partial charge in [0.2, 0.25) is 11.8 Å². The lowest BCUT2D eigenvalue weighted by Gasteiger charge is -2.18. The molecule has 4 nitrogen and oxygen atoms in total. The zero-order valence-corrected chi connectivity index (χ0v) is 13.8. The third kappa shape index (κ3) is 3.60. The number of hydrogen-bond acceptors (Lipinski definition) is 4. The summed E-state index contributed by atoms with van der Waals surface area (Å²) in [7, 11) is 0. The summed E-state index contributed by atoms with van der Waals surface area (Å²) >= 11 is 6.24. The summed E-state index contributed by atoms with van der Waals surface area (Å²) in [6, 6.07) is 17.5. The zero-order chi connectivity index (χ0) is 16.2. The lowest BCUT2D eigenvalue weighted by molar-refractivity contribution is 0.395. The second-order valence-electron chi connectivity index (χ2n) is 5.44. The molecule has 1 heterocycles. The lowest BCUT2D eigenvalue weighted by Crippen LogP contribution is -2.23. The van der Waals surface area contributed by atoms with Crippen molar-refractivity contribution in [2.75, 3.05) is 0 Å². The molecule has 23 heavy (non-hydrogen) atoms. The van der Waals surface area contributed by atoms with Crippen LogP contribution in [0.25, 0.3) is 11.5 Å². The van der Waals surface area contributed by atoms with Crippen molar-refractivity contribution in [1.82, 2.24) is 15.5 Å².